The second kappa shape index (κ2) is 15.6. The van der Waals surface area contributed by atoms with Gasteiger partial charge in [-0.1, -0.05) is 34.6 Å². The van der Waals surface area contributed by atoms with Gasteiger partial charge in [-0.15, -0.1) is 0 Å². The Labute approximate surface area is 155 Å². The van der Waals surface area contributed by atoms with Crippen molar-refractivity contribution in [1.29, 1.82) is 0 Å². The van der Waals surface area contributed by atoms with E-state index in [0.29, 0.717) is 0 Å². The van der Waals surface area contributed by atoms with Gasteiger partial charge in [-0.25, -0.2) is 0 Å². The van der Waals surface area contributed by atoms with Crippen LogP contribution in [-0.4, -0.2) is 46.5 Å². The van der Waals surface area contributed by atoms with Crippen molar-refractivity contribution in [3.8, 4) is 0 Å². The molecule has 0 heterocycles. The third-order valence-corrected chi connectivity index (χ3v) is 2.81. The molecule has 0 aliphatic rings. The number of hydrogen-bond acceptors (Lipinski definition) is 0. The molecule has 0 atom stereocenters. The SMILES string of the molecule is C[PH+](C)C.C[PH+](C)C.C[Si](C)=[Os].Cc1c(C)c(C)[c-](C)c1C. The first-order valence-electron chi connectivity index (χ1n) is 7.93. The van der Waals surface area contributed by atoms with Crippen molar-refractivity contribution < 1.29 is 17.4 Å². The van der Waals surface area contributed by atoms with Crippen LogP contribution in [0.25, 0.3) is 0 Å². The zero-order valence-electron chi connectivity index (χ0n) is 17.4. The van der Waals surface area contributed by atoms with Gasteiger partial charge in [0.1, 0.15) is 0 Å². The van der Waals surface area contributed by atoms with E-state index >= 15 is 0 Å². The van der Waals surface area contributed by atoms with E-state index in [1.165, 1.54) is 27.8 Å². The van der Waals surface area contributed by atoms with E-state index in [1.54, 1.807) is 0 Å². The van der Waals surface area contributed by atoms with Crippen molar-refractivity contribution in [2.24, 2.45) is 0 Å². The Hall–Kier alpha value is 1.06. The maximum Gasteiger partial charge on any atom is -0.0630 e. The number of hydrogen-bond donors (Lipinski definition) is 0. The Kier molecular flexibility index (Phi) is 19.8. The molecule has 0 saturated carbocycles. The standard InChI is InChI=1S/C10H15.2C3H9P.C2H6Si.Os/c1-6-7(2)9(4)10(5)8(6)3;2*1-4(2)3;1-3-2;/h1-5H3;2*1-3H3;1-2H3;/q-1;;;;/p+2. The fourth-order valence-electron chi connectivity index (χ4n) is 1.41. The molecule has 0 N–H and O–H groups in total. The predicted octanol–water partition coefficient (Wildman–Crippen LogP) is 5.91. The number of rotatable bonds is 0. The van der Waals surface area contributed by atoms with E-state index < -0.39 is 0 Å². The van der Waals surface area contributed by atoms with Crippen LogP contribution in [-0.2, 0) is 17.4 Å². The van der Waals surface area contributed by atoms with Crippen LogP contribution in [0.15, 0.2) is 0 Å². The van der Waals surface area contributed by atoms with Crippen molar-refractivity contribution in [2.75, 3.05) is 40.0 Å². The fraction of sp³-hybridized carbons (Fsp3) is 0.722. The fourth-order valence-corrected chi connectivity index (χ4v) is 1.41. The van der Waals surface area contributed by atoms with Gasteiger partial charge in [0, 0.05) is 40.0 Å². The normalized spacial score (nSPS) is 9.27. The van der Waals surface area contributed by atoms with Crippen molar-refractivity contribution in [3.05, 3.63) is 27.8 Å². The summed E-state index contributed by atoms with van der Waals surface area (Å²) in [5.74, 6) is 0. The van der Waals surface area contributed by atoms with Gasteiger partial charge in [0.15, 0.2) is 0 Å². The monoisotopic (exact) mass is 539 g/mol. The van der Waals surface area contributed by atoms with Gasteiger partial charge in [0.05, 0.1) is 0 Å². The van der Waals surface area contributed by atoms with E-state index in [-0.39, 0.29) is 22.3 Å². The molecular formula is C18H41OsP2Si+. The zero-order chi connectivity index (χ0) is 18.6. The molecule has 0 bridgehead atoms. The molecule has 0 aliphatic carbocycles. The minimum atomic E-state index is 0.120. The summed E-state index contributed by atoms with van der Waals surface area (Å²) >= 11 is 2.10. The maximum atomic E-state index is 2.28. The van der Waals surface area contributed by atoms with Crippen LogP contribution >= 0.6 is 15.8 Å². The van der Waals surface area contributed by atoms with Gasteiger partial charge in [0.25, 0.3) is 0 Å². The third-order valence-electron chi connectivity index (χ3n) is 2.81. The second-order valence-corrected chi connectivity index (χ2v) is 22.3. The molecule has 0 amide bonds. The van der Waals surface area contributed by atoms with Gasteiger partial charge in [0.2, 0.25) is 0 Å². The Morgan fingerprint density at radius 3 is 0.909 bits per heavy atom. The molecule has 1 rings (SSSR count). The third kappa shape index (κ3) is 19.1. The first kappa shape index (κ1) is 27.9. The van der Waals surface area contributed by atoms with E-state index in [4.69, 9.17) is 0 Å². The summed E-state index contributed by atoms with van der Waals surface area (Å²) in [6.07, 6.45) is 0. The van der Waals surface area contributed by atoms with E-state index in [9.17, 15) is 0 Å². The second-order valence-electron chi connectivity index (χ2n) is 6.98. The Morgan fingerprint density at radius 1 is 0.727 bits per heavy atom. The quantitative estimate of drug-likeness (QED) is 0.219. The largest absolute Gasteiger partial charge is 0.196 e. The molecule has 0 aromatic heterocycles. The minimum Gasteiger partial charge on any atom is -0.196 e. The first-order valence-corrected chi connectivity index (χ1v) is 20.1. The van der Waals surface area contributed by atoms with Crippen molar-refractivity contribution in [3.63, 3.8) is 0 Å². The summed E-state index contributed by atoms with van der Waals surface area (Å²) in [6.45, 7) is 29.3. The molecule has 134 valence electrons. The molecule has 0 fully saturated rings. The van der Waals surface area contributed by atoms with E-state index in [1.807, 2.05) is 0 Å². The molecule has 0 saturated heterocycles. The molecule has 0 nitrogen and oxygen atoms in total. The van der Waals surface area contributed by atoms with Crippen molar-refractivity contribution in [2.45, 2.75) is 47.7 Å². The van der Waals surface area contributed by atoms with Crippen LogP contribution in [0.3, 0.4) is 0 Å². The first-order chi connectivity index (χ1) is 9.75. The van der Waals surface area contributed by atoms with Crippen molar-refractivity contribution in [1.82, 2.24) is 0 Å². The zero-order valence-corrected chi connectivity index (χ0v) is 22.9. The topological polar surface area (TPSA) is 0 Å². The molecule has 22 heavy (non-hydrogen) atoms. The van der Waals surface area contributed by atoms with Crippen LogP contribution in [0, 0.1) is 34.6 Å². The molecule has 0 unspecified atom stereocenters. The molecule has 0 aliphatic heterocycles. The summed E-state index contributed by atoms with van der Waals surface area (Å²) in [6, 6.07) is 0. The molecule has 0 spiro atoms. The Bertz CT molecular complexity index is 325. The average molecular weight is 538 g/mol. The summed E-state index contributed by atoms with van der Waals surface area (Å²) < 4.78 is 0. The van der Waals surface area contributed by atoms with Crippen LogP contribution in [0.1, 0.15) is 27.8 Å². The van der Waals surface area contributed by atoms with Crippen molar-refractivity contribution >= 4 is 22.3 Å². The van der Waals surface area contributed by atoms with Gasteiger partial charge in [-0.3, -0.25) is 0 Å². The Balaban J connectivity index is -0.000000253. The Morgan fingerprint density at radius 2 is 0.864 bits per heavy atom. The van der Waals surface area contributed by atoms with Crippen LogP contribution in [0.2, 0.25) is 13.1 Å². The molecular weight excluding hydrogens is 496 g/mol. The summed E-state index contributed by atoms with van der Waals surface area (Å²) in [4.78, 5) is 0. The minimum absolute atomic E-state index is 0.120. The van der Waals surface area contributed by atoms with E-state index in [0.717, 1.165) is 0 Å². The van der Waals surface area contributed by atoms with Crippen LogP contribution in [0.4, 0.5) is 0 Å². The van der Waals surface area contributed by atoms with Crippen LogP contribution in [0.5, 0.6) is 0 Å². The molecule has 4 heteroatoms. The van der Waals surface area contributed by atoms with Crippen LogP contribution < -0.4 is 0 Å². The summed E-state index contributed by atoms with van der Waals surface area (Å²) in [5.41, 5.74) is 7.34. The maximum absolute atomic E-state index is 2.28. The van der Waals surface area contributed by atoms with Gasteiger partial charge >= 0.3 is 37.0 Å². The van der Waals surface area contributed by atoms with Gasteiger partial charge in [-0.05, 0) is 15.8 Å². The predicted molar refractivity (Wildman–Crippen MR) is 115 cm³/mol. The summed E-state index contributed by atoms with van der Waals surface area (Å²) in [5, 5.41) is 0. The van der Waals surface area contributed by atoms with Gasteiger partial charge in [-0.2, -0.15) is 27.8 Å². The van der Waals surface area contributed by atoms with Gasteiger partial charge < -0.3 is 0 Å². The smallest absolute Gasteiger partial charge is 0.0630 e. The molecule has 1 aromatic carbocycles. The molecule has 1 aromatic rings. The summed E-state index contributed by atoms with van der Waals surface area (Å²) in [7, 11) is 0.241. The average Bonchev–Trinajstić information content (AvgIpc) is 2.45. The van der Waals surface area contributed by atoms with E-state index in [2.05, 4.69) is 105 Å². The molecule has 0 radical (unpaired) electrons.